The quantitative estimate of drug-likeness (QED) is 0.356. The van der Waals surface area contributed by atoms with Gasteiger partial charge in [0.2, 0.25) is 0 Å². The third kappa shape index (κ3) is 5.49. The number of aromatic nitrogens is 1. The summed E-state index contributed by atoms with van der Waals surface area (Å²) in [6.07, 6.45) is 2.91. The molecule has 2 N–H and O–H groups in total. The maximum Gasteiger partial charge on any atom is 0.251 e. The predicted octanol–water partition coefficient (Wildman–Crippen LogP) is 3.40. The van der Waals surface area contributed by atoms with Gasteiger partial charge in [0.05, 0.1) is 25.5 Å². The normalized spacial score (nSPS) is 18.3. The number of carbonyl (C=O) groups excluding carboxylic acids is 1. The van der Waals surface area contributed by atoms with Crippen LogP contribution in [0.2, 0.25) is 0 Å². The molecule has 0 bridgehead atoms. The largest absolute Gasteiger partial charge is 0.378 e. The van der Waals surface area contributed by atoms with Crippen molar-refractivity contribution in [2.24, 2.45) is 4.99 Å². The number of aliphatic imine (C=N–C) groups is 1. The lowest BCUT2D eigenvalue weighted by Crippen LogP contribution is -2.36. The van der Waals surface area contributed by atoms with Gasteiger partial charge in [0.25, 0.3) is 5.91 Å². The number of rotatable bonds is 9. The van der Waals surface area contributed by atoms with Crippen LogP contribution < -0.4 is 15.5 Å². The molecule has 0 atom stereocenters. The molecule has 8 heteroatoms. The fourth-order valence-electron chi connectivity index (χ4n) is 3.47. The van der Waals surface area contributed by atoms with Gasteiger partial charge >= 0.3 is 0 Å². The number of allylic oxidation sites excluding steroid dienone is 1. The second-order valence-corrected chi connectivity index (χ2v) is 9.14. The van der Waals surface area contributed by atoms with E-state index in [0.717, 1.165) is 61.1 Å². The van der Waals surface area contributed by atoms with Crippen molar-refractivity contribution < 1.29 is 9.53 Å². The van der Waals surface area contributed by atoms with Gasteiger partial charge in [-0.25, -0.2) is 9.98 Å². The van der Waals surface area contributed by atoms with Crippen molar-refractivity contribution >= 4 is 29.1 Å². The Kier molecular flexibility index (Phi) is 7.31. The van der Waals surface area contributed by atoms with Gasteiger partial charge in [-0.2, -0.15) is 0 Å². The Morgan fingerprint density at radius 3 is 2.63 bits per heavy atom. The zero-order valence-electron chi connectivity index (χ0n) is 18.5. The minimum atomic E-state index is -0.100. The molecule has 1 aromatic heterocycles. The highest BCUT2D eigenvalue weighted by Gasteiger charge is 2.38. The van der Waals surface area contributed by atoms with Crippen LogP contribution in [0, 0.1) is 0 Å². The van der Waals surface area contributed by atoms with E-state index in [1.54, 1.807) is 11.3 Å². The van der Waals surface area contributed by atoms with Gasteiger partial charge in [0.1, 0.15) is 5.82 Å². The monoisotopic (exact) mass is 431 g/mol. The first-order valence-electron chi connectivity index (χ1n) is 10.6. The van der Waals surface area contributed by atoms with Crippen LogP contribution in [0.1, 0.15) is 52.7 Å². The summed E-state index contributed by atoms with van der Waals surface area (Å²) in [5, 5.41) is 9.53. The number of morpholine rings is 1. The second-order valence-electron chi connectivity index (χ2n) is 8.30. The number of ether oxygens (including phenoxy) is 1. The van der Waals surface area contributed by atoms with Gasteiger partial charge in [-0.3, -0.25) is 4.79 Å². The standard InChI is InChI=1S/C22H33N5O2S/c1-6-17(19(23-5)26-22(4)7-8-22)18(15(2)3)20(28)24-13-16-14-30-21(25-16)27-9-11-29-12-10-27/h14,26H,5-13H2,1-4H3,(H,24,28)/b19-17-. The van der Waals surface area contributed by atoms with Gasteiger partial charge in [-0.15, -0.1) is 11.3 Å². The smallest absolute Gasteiger partial charge is 0.251 e. The van der Waals surface area contributed by atoms with Crippen molar-refractivity contribution in [3.05, 3.63) is 33.6 Å². The highest BCUT2D eigenvalue weighted by Crippen LogP contribution is 2.36. The first-order chi connectivity index (χ1) is 14.4. The molecule has 164 valence electrons. The number of anilines is 1. The van der Waals surface area contributed by atoms with Crippen LogP contribution in [0.5, 0.6) is 0 Å². The van der Waals surface area contributed by atoms with Crippen LogP contribution in [0.15, 0.2) is 32.9 Å². The molecular weight excluding hydrogens is 398 g/mol. The van der Waals surface area contributed by atoms with Crippen LogP contribution >= 0.6 is 11.3 Å². The topological polar surface area (TPSA) is 78.9 Å². The van der Waals surface area contributed by atoms with E-state index in [0.29, 0.717) is 24.4 Å². The minimum absolute atomic E-state index is 0.0661. The SMILES string of the molecule is C=N/C(NC1(C)CC1)=C(\CC)C(C(=O)NCc1csc(N2CCOCC2)n1)=C(C)C. The van der Waals surface area contributed by atoms with E-state index in [1.807, 2.05) is 26.2 Å². The summed E-state index contributed by atoms with van der Waals surface area (Å²) in [7, 11) is 0. The lowest BCUT2D eigenvalue weighted by molar-refractivity contribution is -0.117. The van der Waals surface area contributed by atoms with Crippen LogP contribution in [0.25, 0.3) is 0 Å². The lowest BCUT2D eigenvalue weighted by atomic mass is 9.97. The number of nitrogens with zero attached hydrogens (tertiary/aromatic N) is 3. The Hall–Kier alpha value is -2.19. The molecule has 0 unspecified atom stereocenters. The van der Waals surface area contributed by atoms with Gasteiger partial charge in [-0.05, 0) is 46.8 Å². The van der Waals surface area contributed by atoms with E-state index in [4.69, 9.17) is 4.74 Å². The first-order valence-corrected chi connectivity index (χ1v) is 11.5. The van der Waals surface area contributed by atoms with E-state index < -0.39 is 0 Å². The molecule has 3 rings (SSSR count). The highest BCUT2D eigenvalue weighted by molar-refractivity contribution is 7.13. The molecule has 2 heterocycles. The Labute approximate surface area is 183 Å². The highest BCUT2D eigenvalue weighted by atomic mass is 32.1. The summed E-state index contributed by atoms with van der Waals surface area (Å²) in [4.78, 5) is 24.3. The molecule has 1 saturated heterocycles. The summed E-state index contributed by atoms with van der Waals surface area (Å²) in [5.74, 6) is 0.615. The van der Waals surface area contributed by atoms with Crippen molar-refractivity contribution in [1.29, 1.82) is 0 Å². The van der Waals surface area contributed by atoms with E-state index in [2.05, 4.69) is 39.2 Å². The van der Waals surface area contributed by atoms with Crippen LogP contribution in [-0.2, 0) is 16.1 Å². The number of carbonyl (C=O) groups is 1. The molecule has 7 nitrogen and oxygen atoms in total. The lowest BCUT2D eigenvalue weighted by Gasteiger charge is -2.26. The van der Waals surface area contributed by atoms with E-state index in [9.17, 15) is 4.79 Å². The molecule has 1 aromatic rings. The molecule has 30 heavy (non-hydrogen) atoms. The van der Waals surface area contributed by atoms with Crippen LogP contribution in [0.3, 0.4) is 0 Å². The maximum absolute atomic E-state index is 13.1. The van der Waals surface area contributed by atoms with E-state index in [1.165, 1.54) is 0 Å². The third-order valence-electron chi connectivity index (χ3n) is 5.50. The molecule has 1 aliphatic heterocycles. The number of amides is 1. The Morgan fingerprint density at radius 1 is 1.37 bits per heavy atom. The average molecular weight is 432 g/mol. The fourth-order valence-corrected chi connectivity index (χ4v) is 4.35. The summed E-state index contributed by atoms with van der Waals surface area (Å²) in [6.45, 7) is 15.4. The Balaban J connectivity index is 1.70. The average Bonchev–Trinajstić information content (AvgIpc) is 3.27. The molecule has 1 saturated carbocycles. The molecule has 1 amide bonds. The molecule has 2 aliphatic rings. The molecule has 0 spiro atoms. The van der Waals surface area contributed by atoms with Crippen molar-refractivity contribution in [3.63, 3.8) is 0 Å². The predicted molar refractivity (Wildman–Crippen MR) is 123 cm³/mol. The van der Waals surface area contributed by atoms with Crippen molar-refractivity contribution in [2.45, 2.75) is 59.0 Å². The van der Waals surface area contributed by atoms with Crippen LogP contribution in [-0.4, -0.2) is 49.5 Å². The van der Waals surface area contributed by atoms with Gasteiger partial charge in [-0.1, -0.05) is 12.5 Å². The molecular formula is C22H33N5O2S. The number of hydrogen-bond acceptors (Lipinski definition) is 7. The van der Waals surface area contributed by atoms with Gasteiger partial charge in [0, 0.05) is 35.2 Å². The third-order valence-corrected chi connectivity index (χ3v) is 6.45. The summed E-state index contributed by atoms with van der Waals surface area (Å²) in [6, 6.07) is 0. The number of nitrogens with one attached hydrogen (secondary N) is 2. The Morgan fingerprint density at radius 2 is 2.07 bits per heavy atom. The van der Waals surface area contributed by atoms with Gasteiger partial charge in [0.15, 0.2) is 5.13 Å². The van der Waals surface area contributed by atoms with Crippen molar-refractivity contribution in [1.82, 2.24) is 15.6 Å². The number of thiazole rings is 1. The molecule has 1 aliphatic carbocycles. The zero-order chi connectivity index (χ0) is 21.7. The first kappa shape index (κ1) is 22.5. The van der Waals surface area contributed by atoms with Gasteiger partial charge < -0.3 is 20.3 Å². The second kappa shape index (κ2) is 9.75. The molecule has 0 radical (unpaired) electrons. The van der Waals surface area contributed by atoms with Crippen molar-refractivity contribution in [2.75, 3.05) is 31.2 Å². The van der Waals surface area contributed by atoms with E-state index in [-0.39, 0.29) is 11.4 Å². The van der Waals surface area contributed by atoms with Crippen molar-refractivity contribution in [3.8, 4) is 0 Å². The van der Waals surface area contributed by atoms with E-state index >= 15 is 0 Å². The fraction of sp³-hybridized carbons (Fsp3) is 0.591. The minimum Gasteiger partial charge on any atom is -0.378 e. The summed E-state index contributed by atoms with van der Waals surface area (Å²) in [5.41, 5.74) is 3.48. The zero-order valence-corrected chi connectivity index (χ0v) is 19.3. The molecule has 2 fully saturated rings. The Bertz CT molecular complexity index is 843. The maximum atomic E-state index is 13.1. The number of hydrogen-bond donors (Lipinski definition) is 2. The summed E-state index contributed by atoms with van der Waals surface area (Å²) >= 11 is 1.61. The molecule has 0 aromatic carbocycles. The van der Waals surface area contributed by atoms with Crippen LogP contribution in [0.4, 0.5) is 5.13 Å². The summed E-state index contributed by atoms with van der Waals surface area (Å²) < 4.78 is 5.40.